The van der Waals surface area contributed by atoms with E-state index in [4.69, 9.17) is 26.1 Å². The molecule has 2 atom stereocenters. The van der Waals surface area contributed by atoms with E-state index in [0.717, 1.165) is 6.42 Å². The van der Waals surface area contributed by atoms with Crippen molar-refractivity contribution < 1.29 is 28.6 Å². The van der Waals surface area contributed by atoms with Crippen LogP contribution in [-0.2, 0) is 9.53 Å². The summed E-state index contributed by atoms with van der Waals surface area (Å²) >= 11 is 6.88. The summed E-state index contributed by atoms with van der Waals surface area (Å²) in [5.41, 5.74) is -0.399. The van der Waals surface area contributed by atoms with Gasteiger partial charge in [-0.15, -0.1) is 0 Å². The predicted molar refractivity (Wildman–Crippen MR) is 156 cm³/mol. The smallest absolute Gasteiger partial charge is 0.261 e. The van der Waals surface area contributed by atoms with Gasteiger partial charge in [-0.25, -0.2) is 9.37 Å². The molecule has 3 fully saturated rings. The number of ether oxygens (including phenoxy) is 2. The Hall–Kier alpha value is -3.41. The zero-order chi connectivity index (χ0) is 29.9. The number of phenolic OH excluding ortho intramolecular Hbond substituents is 1. The van der Waals surface area contributed by atoms with Crippen molar-refractivity contribution in [3.63, 3.8) is 0 Å². The van der Waals surface area contributed by atoms with E-state index in [1.165, 1.54) is 24.3 Å². The first-order valence-electron chi connectivity index (χ1n) is 14.2. The van der Waals surface area contributed by atoms with Gasteiger partial charge in [0.2, 0.25) is 5.91 Å². The van der Waals surface area contributed by atoms with E-state index in [-0.39, 0.29) is 64.4 Å². The number of pyridine rings is 1. The molecule has 224 valence electrons. The monoisotopic (exact) mass is 599 g/mol. The molecule has 4 aliphatic rings. The Morgan fingerprint density at radius 3 is 2.64 bits per heavy atom. The predicted octanol–water partition coefficient (Wildman–Crippen LogP) is 3.17. The van der Waals surface area contributed by atoms with Crippen molar-refractivity contribution in [3.05, 3.63) is 47.3 Å². The quantitative estimate of drug-likeness (QED) is 0.524. The summed E-state index contributed by atoms with van der Waals surface area (Å²) in [6.45, 7) is 10.7. The topological polar surface area (TPSA) is 98.7 Å². The third kappa shape index (κ3) is 4.67. The van der Waals surface area contributed by atoms with Crippen LogP contribution >= 0.6 is 11.6 Å². The molecule has 4 aliphatic heterocycles. The number of benzene rings is 1. The molecule has 1 aromatic carbocycles. The minimum Gasteiger partial charge on any atom is -0.507 e. The minimum atomic E-state index is -0.700. The van der Waals surface area contributed by atoms with Crippen LogP contribution in [0.2, 0.25) is 5.02 Å². The van der Waals surface area contributed by atoms with Crippen molar-refractivity contribution in [1.82, 2.24) is 19.7 Å². The summed E-state index contributed by atoms with van der Waals surface area (Å²) < 4.78 is 26.9. The summed E-state index contributed by atoms with van der Waals surface area (Å²) in [6.07, 6.45) is 2.05. The minimum absolute atomic E-state index is 0.00264. The van der Waals surface area contributed by atoms with Gasteiger partial charge in [0.05, 0.1) is 30.9 Å². The second-order valence-electron chi connectivity index (χ2n) is 12.0. The number of anilines is 1. The number of hydrogen-bond acceptors (Lipinski definition) is 8. The van der Waals surface area contributed by atoms with Crippen LogP contribution in [0.1, 0.15) is 30.6 Å². The number of fused-ring (bicyclic) bond motifs is 2. The molecule has 2 unspecified atom stereocenters. The standard InChI is InChI=1S/C30H35ClFN5O5/c1-5-22(39)35-9-10-36-18(12-35)16-42-27-24(29(36)40)28(33-26(25(27)31)23-20(32)7-6-8-21(23)38)37-13-17(11-30(37,2)3)34(4)19-14-41-15-19/h5-8,17-19,38H,1,9-16H2,2-4H3. The molecule has 0 spiro atoms. The second kappa shape index (κ2) is 10.7. The van der Waals surface area contributed by atoms with Gasteiger partial charge in [0.25, 0.3) is 5.91 Å². The molecule has 1 aromatic heterocycles. The molecule has 0 aliphatic carbocycles. The summed E-state index contributed by atoms with van der Waals surface area (Å²) in [5.74, 6) is -1.13. The summed E-state index contributed by atoms with van der Waals surface area (Å²) in [5, 5.41) is 10.6. The lowest BCUT2D eigenvalue weighted by Gasteiger charge is -2.40. The van der Waals surface area contributed by atoms with Crippen molar-refractivity contribution in [2.24, 2.45) is 0 Å². The van der Waals surface area contributed by atoms with E-state index in [9.17, 15) is 14.7 Å². The fourth-order valence-corrected chi connectivity index (χ4v) is 6.78. The highest BCUT2D eigenvalue weighted by molar-refractivity contribution is 6.35. The van der Waals surface area contributed by atoms with Crippen LogP contribution in [0.5, 0.6) is 11.5 Å². The van der Waals surface area contributed by atoms with E-state index in [1.54, 1.807) is 9.80 Å². The molecule has 5 heterocycles. The fourth-order valence-electron chi connectivity index (χ4n) is 6.50. The zero-order valence-electron chi connectivity index (χ0n) is 24.0. The number of rotatable bonds is 5. The SMILES string of the molecule is C=CC(=O)N1CCN2C(=O)c3c(N4CC(N(C)C5COC5)CC4(C)C)nc(-c4c(O)cccc4F)c(Cl)c3OCC2C1. The van der Waals surface area contributed by atoms with Crippen molar-refractivity contribution >= 4 is 29.2 Å². The Bertz CT molecular complexity index is 1430. The third-order valence-electron chi connectivity index (χ3n) is 9.06. The normalized spacial score (nSPS) is 23.7. The van der Waals surface area contributed by atoms with E-state index in [0.29, 0.717) is 44.7 Å². The molecule has 10 nitrogen and oxygen atoms in total. The maximum atomic E-state index is 15.2. The number of aromatic hydroxyl groups is 1. The van der Waals surface area contributed by atoms with Crippen LogP contribution in [0.3, 0.4) is 0 Å². The third-order valence-corrected chi connectivity index (χ3v) is 9.41. The number of phenols is 1. The molecule has 12 heteroatoms. The van der Waals surface area contributed by atoms with Gasteiger partial charge in [-0.2, -0.15) is 0 Å². The van der Waals surface area contributed by atoms with E-state index in [2.05, 4.69) is 37.3 Å². The van der Waals surface area contributed by atoms with Gasteiger partial charge < -0.3 is 29.3 Å². The molecule has 3 saturated heterocycles. The first-order chi connectivity index (χ1) is 20.0. The Labute approximate surface area is 249 Å². The molecule has 0 radical (unpaired) electrons. The maximum absolute atomic E-state index is 15.2. The Balaban J connectivity index is 1.49. The van der Waals surface area contributed by atoms with Gasteiger partial charge in [0, 0.05) is 37.8 Å². The number of amides is 2. The fraction of sp³-hybridized carbons (Fsp3) is 0.500. The Kier molecular flexibility index (Phi) is 7.31. The molecule has 1 N–H and O–H groups in total. The van der Waals surface area contributed by atoms with E-state index in [1.807, 2.05) is 0 Å². The largest absolute Gasteiger partial charge is 0.507 e. The molecular formula is C30H35ClFN5O5. The van der Waals surface area contributed by atoms with Crippen LogP contribution in [-0.4, -0.2) is 113 Å². The first kappa shape index (κ1) is 28.7. The average Bonchev–Trinajstić information content (AvgIpc) is 3.17. The summed E-state index contributed by atoms with van der Waals surface area (Å²) in [4.78, 5) is 39.3. The van der Waals surface area contributed by atoms with Crippen LogP contribution in [0.25, 0.3) is 11.3 Å². The van der Waals surface area contributed by atoms with Gasteiger partial charge >= 0.3 is 0 Å². The average molecular weight is 600 g/mol. The molecule has 42 heavy (non-hydrogen) atoms. The number of carbonyl (C=O) groups excluding carboxylic acids is 2. The van der Waals surface area contributed by atoms with Gasteiger partial charge in [-0.3, -0.25) is 14.5 Å². The Morgan fingerprint density at radius 1 is 1.21 bits per heavy atom. The number of hydrogen-bond donors (Lipinski definition) is 1. The lowest BCUT2D eigenvalue weighted by Crippen LogP contribution is -2.57. The number of piperazine rings is 1. The Morgan fingerprint density at radius 2 is 1.98 bits per heavy atom. The highest BCUT2D eigenvalue weighted by atomic mass is 35.5. The lowest BCUT2D eigenvalue weighted by atomic mass is 9.98. The number of likely N-dealkylation sites (N-methyl/N-ethyl adjacent to an activating group) is 1. The van der Waals surface area contributed by atoms with Crippen molar-refractivity contribution in [1.29, 1.82) is 0 Å². The molecule has 2 amide bonds. The van der Waals surface area contributed by atoms with Gasteiger partial charge in [-0.05, 0) is 45.5 Å². The van der Waals surface area contributed by atoms with Crippen LogP contribution in [0.15, 0.2) is 30.9 Å². The van der Waals surface area contributed by atoms with Crippen LogP contribution < -0.4 is 9.64 Å². The number of halogens is 2. The van der Waals surface area contributed by atoms with Gasteiger partial charge in [-0.1, -0.05) is 24.2 Å². The zero-order valence-corrected chi connectivity index (χ0v) is 24.7. The molecule has 2 aromatic rings. The molecule has 0 bridgehead atoms. The number of nitrogens with zero attached hydrogens (tertiary/aromatic N) is 5. The van der Waals surface area contributed by atoms with Gasteiger partial charge in [0.15, 0.2) is 5.75 Å². The first-order valence-corrected chi connectivity index (χ1v) is 14.5. The summed E-state index contributed by atoms with van der Waals surface area (Å²) in [7, 11) is 2.08. The molecule has 0 saturated carbocycles. The second-order valence-corrected chi connectivity index (χ2v) is 12.4. The summed E-state index contributed by atoms with van der Waals surface area (Å²) in [6, 6.07) is 4.02. The van der Waals surface area contributed by atoms with Gasteiger partial charge in [0.1, 0.15) is 40.3 Å². The van der Waals surface area contributed by atoms with Crippen molar-refractivity contribution in [2.75, 3.05) is 57.9 Å². The maximum Gasteiger partial charge on any atom is 0.261 e. The van der Waals surface area contributed by atoms with E-state index < -0.39 is 17.4 Å². The highest BCUT2D eigenvalue weighted by Crippen LogP contribution is 2.48. The highest BCUT2D eigenvalue weighted by Gasteiger charge is 2.47. The van der Waals surface area contributed by atoms with E-state index >= 15 is 4.39 Å². The van der Waals surface area contributed by atoms with Crippen molar-refractivity contribution in [3.8, 4) is 22.8 Å². The number of aromatic nitrogens is 1. The van der Waals surface area contributed by atoms with Crippen molar-refractivity contribution in [2.45, 2.75) is 43.9 Å². The molecule has 6 rings (SSSR count). The lowest BCUT2D eigenvalue weighted by molar-refractivity contribution is -0.128. The van der Waals surface area contributed by atoms with Crippen LogP contribution in [0, 0.1) is 5.82 Å². The number of carbonyl (C=O) groups is 2. The molecular weight excluding hydrogens is 565 g/mol. The van der Waals surface area contributed by atoms with Crippen LogP contribution in [0.4, 0.5) is 10.2 Å².